The summed E-state index contributed by atoms with van der Waals surface area (Å²) in [7, 11) is 0. The number of hydrogen-bond donors (Lipinski definition) is 3. The van der Waals surface area contributed by atoms with E-state index < -0.39 is 35.7 Å². The number of rotatable bonds is 14. The minimum Gasteiger partial charge on any atom is -0.372 e. The van der Waals surface area contributed by atoms with Crippen molar-refractivity contribution in [2.75, 3.05) is 44.6 Å². The molecule has 334 valence electrons. The molecule has 4 aromatic rings. The van der Waals surface area contributed by atoms with Crippen LogP contribution in [0.5, 0.6) is 0 Å². The first-order valence-corrected chi connectivity index (χ1v) is 21.4. The van der Waals surface area contributed by atoms with Crippen molar-refractivity contribution in [3.8, 4) is 0 Å². The SMILES string of the molecule is O=C(Cc1ccc2cc(C(=O)ON3C(=O)CCC3=O)ccc2n1)NCCN1\C=C/C=C\C=C(\C2CCCN2CCNC(=O)c2ccc3cc(NC(=O)ON4C(=O)CCC4=O)ccc3c2)C1. The number of carbonyl (C=O) groups is 8. The third-order valence-corrected chi connectivity index (χ3v) is 11.4. The summed E-state index contributed by atoms with van der Waals surface area (Å²) in [4.78, 5) is 117. The Kier molecular flexibility index (Phi) is 13.3. The molecule has 0 spiro atoms. The minimum absolute atomic E-state index is 0.000478. The Morgan fingerprint density at radius 2 is 1.37 bits per heavy atom. The number of anilines is 1. The number of amides is 7. The van der Waals surface area contributed by atoms with E-state index in [0.717, 1.165) is 30.2 Å². The fourth-order valence-electron chi connectivity index (χ4n) is 8.15. The molecular formula is C47H46N8O10. The van der Waals surface area contributed by atoms with Crippen LogP contribution < -0.4 is 16.0 Å². The maximum atomic E-state index is 13.2. The van der Waals surface area contributed by atoms with Crippen LogP contribution in [0.15, 0.2) is 103 Å². The quantitative estimate of drug-likeness (QED) is 0.152. The van der Waals surface area contributed by atoms with E-state index in [1.807, 2.05) is 24.4 Å². The molecule has 0 radical (unpaired) electrons. The van der Waals surface area contributed by atoms with Gasteiger partial charge >= 0.3 is 12.1 Å². The van der Waals surface area contributed by atoms with E-state index >= 15 is 0 Å². The normalized spacial score (nSPS) is 19.5. The monoisotopic (exact) mass is 882 g/mol. The molecule has 4 aliphatic rings. The number of nitrogens with one attached hydrogen (secondary N) is 3. The van der Waals surface area contributed by atoms with Gasteiger partial charge in [0.1, 0.15) is 0 Å². The smallest absolute Gasteiger partial charge is 0.372 e. The molecule has 18 heteroatoms. The van der Waals surface area contributed by atoms with E-state index in [0.29, 0.717) is 70.7 Å². The Hall–Kier alpha value is -7.73. The first-order valence-electron chi connectivity index (χ1n) is 21.4. The summed E-state index contributed by atoms with van der Waals surface area (Å²) in [5.74, 6) is -3.47. The zero-order valence-electron chi connectivity index (χ0n) is 35.3. The second-order valence-corrected chi connectivity index (χ2v) is 15.9. The summed E-state index contributed by atoms with van der Waals surface area (Å²) in [6.07, 6.45) is 11.3. The maximum absolute atomic E-state index is 13.2. The second-order valence-electron chi connectivity index (χ2n) is 15.9. The molecule has 3 saturated heterocycles. The molecule has 0 saturated carbocycles. The Balaban J connectivity index is 0.780. The fraction of sp³-hybridized carbons (Fsp3) is 0.298. The van der Waals surface area contributed by atoms with Crippen molar-refractivity contribution < 1.29 is 48.0 Å². The minimum atomic E-state index is -0.959. The molecule has 3 N–H and O–H groups in total. The Bertz CT molecular complexity index is 2660. The van der Waals surface area contributed by atoms with Crippen LogP contribution in [-0.2, 0) is 40.1 Å². The van der Waals surface area contributed by atoms with Crippen molar-refractivity contribution in [1.82, 2.24) is 35.5 Å². The second kappa shape index (κ2) is 19.8. The van der Waals surface area contributed by atoms with E-state index in [-0.39, 0.29) is 55.5 Å². The largest absolute Gasteiger partial charge is 0.436 e. The molecule has 0 bridgehead atoms. The van der Waals surface area contributed by atoms with Crippen molar-refractivity contribution in [1.29, 1.82) is 0 Å². The molecule has 8 rings (SSSR count). The number of hydrogen-bond acceptors (Lipinski definition) is 13. The third kappa shape index (κ3) is 10.7. The molecule has 7 amide bonds. The molecule has 1 aromatic heterocycles. The summed E-state index contributed by atoms with van der Waals surface area (Å²) in [6, 6.07) is 18.7. The lowest BCUT2D eigenvalue weighted by Crippen LogP contribution is -2.41. The topological polar surface area (TPSA) is 217 Å². The average Bonchev–Trinajstić information content (AvgIpc) is 3.98. The molecule has 1 unspecified atom stereocenters. The molecule has 0 aliphatic carbocycles. The van der Waals surface area contributed by atoms with Crippen LogP contribution in [0.1, 0.15) is 64.9 Å². The molecule has 1 atom stereocenters. The number of hydroxylamine groups is 4. The van der Waals surface area contributed by atoms with E-state index in [9.17, 15) is 38.4 Å². The summed E-state index contributed by atoms with van der Waals surface area (Å²) in [5.41, 5.74) is 3.41. The van der Waals surface area contributed by atoms with Gasteiger partial charge in [-0.2, -0.15) is 0 Å². The fourth-order valence-corrected chi connectivity index (χ4v) is 8.15. The van der Waals surface area contributed by atoms with Crippen LogP contribution >= 0.6 is 0 Å². The zero-order valence-corrected chi connectivity index (χ0v) is 35.3. The van der Waals surface area contributed by atoms with Crippen LogP contribution in [0.4, 0.5) is 10.5 Å². The van der Waals surface area contributed by atoms with E-state index in [4.69, 9.17) is 9.68 Å². The number of pyridine rings is 1. The average molecular weight is 883 g/mol. The van der Waals surface area contributed by atoms with Gasteiger partial charge in [-0.1, -0.05) is 36.4 Å². The van der Waals surface area contributed by atoms with Gasteiger partial charge in [0, 0.05) is 81.1 Å². The van der Waals surface area contributed by atoms with Crippen LogP contribution in [0, 0.1) is 0 Å². The summed E-state index contributed by atoms with van der Waals surface area (Å²) >= 11 is 0. The van der Waals surface area contributed by atoms with Gasteiger partial charge in [0.15, 0.2) is 0 Å². The van der Waals surface area contributed by atoms with Crippen LogP contribution in [-0.4, -0.2) is 118 Å². The predicted octanol–water partition coefficient (Wildman–Crippen LogP) is 4.09. The van der Waals surface area contributed by atoms with Gasteiger partial charge in [0.25, 0.3) is 29.5 Å². The van der Waals surface area contributed by atoms with Crippen LogP contribution in [0.25, 0.3) is 21.7 Å². The number of likely N-dealkylation sites (tertiary alicyclic amines) is 1. The summed E-state index contributed by atoms with van der Waals surface area (Å²) in [5, 5.41) is 11.7. The van der Waals surface area contributed by atoms with E-state index in [1.165, 1.54) is 11.6 Å². The highest BCUT2D eigenvalue weighted by Crippen LogP contribution is 2.26. The summed E-state index contributed by atoms with van der Waals surface area (Å²) < 4.78 is 0. The van der Waals surface area contributed by atoms with Gasteiger partial charge in [-0.25, -0.2) is 9.59 Å². The number of allylic oxidation sites excluding steroid dienone is 4. The van der Waals surface area contributed by atoms with Crippen molar-refractivity contribution in [3.05, 3.63) is 120 Å². The molecule has 18 nitrogen and oxygen atoms in total. The lowest BCUT2D eigenvalue weighted by Gasteiger charge is -2.31. The highest BCUT2D eigenvalue weighted by atomic mass is 16.7. The molecule has 3 aromatic carbocycles. The number of nitrogens with zero attached hydrogens (tertiary/aromatic N) is 5. The van der Waals surface area contributed by atoms with Crippen molar-refractivity contribution >= 4 is 74.9 Å². The number of benzene rings is 3. The van der Waals surface area contributed by atoms with E-state index in [2.05, 4.69) is 36.8 Å². The highest BCUT2D eigenvalue weighted by molar-refractivity contribution is 6.04. The summed E-state index contributed by atoms with van der Waals surface area (Å²) in [6.45, 7) is 3.67. The van der Waals surface area contributed by atoms with Crippen LogP contribution in [0.2, 0.25) is 0 Å². The van der Waals surface area contributed by atoms with Crippen molar-refractivity contribution in [2.45, 2.75) is 51.0 Å². The number of fused-ring (bicyclic) bond motifs is 2. The first-order chi connectivity index (χ1) is 31.5. The Morgan fingerprint density at radius 1 is 0.692 bits per heavy atom. The Morgan fingerprint density at radius 3 is 2.15 bits per heavy atom. The van der Waals surface area contributed by atoms with Gasteiger partial charge in [0.05, 0.1) is 23.2 Å². The van der Waals surface area contributed by atoms with Crippen molar-refractivity contribution in [3.63, 3.8) is 0 Å². The molecule has 5 heterocycles. The highest BCUT2D eigenvalue weighted by Gasteiger charge is 2.34. The molecule has 3 fully saturated rings. The predicted molar refractivity (Wildman–Crippen MR) is 235 cm³/mol. The lowest BCUT2D eigenvalue weighted by atomic mass is 10.0. The molecular weight excluding hydrogens is 837 g/mol. The van der Waals surface area contributed by atoms with Gasteiger partial charge < -0.3 is 25.2 Å². The van der Waals surface area contributed by atoms with Gasteiger partial charge in [-0.3, -0.25) is 44.0 Å². The van der Waals surface area contributed by atoms with Crippen LogP contribution in [0.3, 0.4) is 0 Å². The van der Waals surface area contributed by atoms with Gasteiger partial charge in [0.2, 0.25) is 5.91 Å². The number of carbonyl (C=O) groups excluding carboxylic acids is 8. The first kappa shape index (κ1) is 43.9. The standard InChI is InChI=1S/C47H46N8O10/c56-40(28-37-13-10-32-26-34(11-14-38(32)50-37)46(62)64-54-41(57)15-16-42(54)58)48-19-23-52-21-3-1-2-5-35(29-52)39-6-4-22-53(39)24-20-49-45(61)33-8-7-31-27-36(12-9-30(31)25-33)51-47(63)65-55-43(59)17-18-44(55)60/h1-3,5,7-14,21,25-27,39H,4,6,15-20,22-24,28-29H2,(H,48,56)(H,49,61)(H,51,63)/b2-1-,21-3-,35-5+. The van der Waals surface area contributed by atoms with E-state index in [1.54, 1.807) is 60.7 Å². The molecule has 4 aliphatic heterocycles. The number of aromatic nitrogens is 1. The molecule has 65 heavy (non-hydrogen) atoms. The Labute approximate surface area is 372 Å². The maximum Gasteiger partial charge on any atom is 0.436 e. The number of imide groups is 2. The van der Waals surface area contributed by atoms with Gasteiger partial charge in [-0.15, -0.1) is 10.1 Å². The zero-order chi connectivity index (χ0) is 45.5. The van der Waals surface area contributed by atoms with Crippen molar-refractivity contribution in [2.24, 2.45) is 0 Å². The lowest BCUT2D eigenvalue weighted by molar-refractivity contribution is -0.173. The van der Waals surface area contributed by atoms with Gasteiger partial charge in [-0.05, 0) is 96.5 Å². The third-order valence-electron chi connectivity index (χ3n) is 11.4.